The number of carbonyl (C=O) groups excluding carboxylic acids is 1. The van der Waals surface area contributed by atoms with E-state index in [1.807, 2.05) is 20.8 Å². The van der Waals surface area contributed by atoms with Crippen LogP contribution in [0.5, 0.6) is 0 Å². The second-order valence-corrected chi connectivity index (χ2v) is 6.97. The molecule has 1 aromatic rings. The van der Waals surface area contributed by atoms with E-state index < -0.39 is 0 Å². The molecule has 0 saturated carbocycles. The number of allylic oxidation sites excluding steroid dienone is 1. The largest absolute Gasteiger partial charge is 0.356 e. The summed E-state index contributed by atoms with van der Waals surface area (Å²) in [6.45, 7) is 6.83. The van der Waals surface area contributed by atoms with Crippen LogP contribution in [0.3, 0.4) is 0 Å². The molecule has 0 saturated heterocycles. The molecule has 1 heterocycles. The number of hydrogen-bond donors (Lipinski definition) is 1. The molecule has 0 aliphatic heterocycles. The molecular formula is C17H27N3O2. The lowest BCUT2D eigenvalue weighted by Crippen LogP contribution is -2.25. The summed E-state index contributed by atoms with van der Waals surface area (Å²) in [5, 5.41) is 6.93. The zero-order valence-electron chi connectivity index (χ0n) is 13.9. The Bertz CT molecular complexity index is 526. The predicted octanol–water partition coefficient (Wildman–Crippen LogP) is 3.31. The van der Waals surface area contributed by atoms with E-state index in [1.54, 1.807) is 0 Å². The highest BCUT2D eigenvalue weighted by Crippen LogP contribution is 2.20. The maximum Gasteiger partial charge on any atom is 0.227 e. The molecule has 1 N–H and O–H groups in total. The molecule has 0 bridgehead atoms. The number of amides is 1. The third-order valence-electron chi connectivity index (χ3n) is 3.86. The molecular weight excluding hydrogens is 278 g/mol. The summed E-state index contributed by atoms with van der Waals surface area (Å²) >= 11 is 0. The first-order valence-electron chi connectivity index (χ1n) is 8.23. The Morgan fingerprint density at radius 1 is 1.32 bits per heavy atom. The van der Waals surface area contributed by atoms with Crippen LogP contribution >= 0.6 is 0 Å². The van der Waals surface area contributed by atoms with Crippen LogP contribution in [0.2, 0.25) is 0 Å². The maximum atomic E-state index is 11.8. The summed E-state index contributed by atoms with van der Waals surface area (Å²) in [7, 11) is 0. The van der Waals surface area contributed by atoms with Gasteiger partial charge < -0.3 is 9.84 Å². The van der Waals surface area contributed by atoms with Crippen LogP contribution in [0.15, 0.2) is 16.2 Å². The van der Waals surface area contributed by atoms with Crippen molar-refractivity contribution in [1.82, 2.24) is 15.5 Å². The number of nitrogens with one attached hydrogen (secondary N) is 1. The predicted molar refractivity (Wildman–Crippen MR) is 85.5 cm³/mol. The van der Waals surface area contributed by atoms with Crippen LogP contribution < -0.4 is 5.32 Å². The molecule has 1 aromatic heterocycles. The fourth-order valence-corrected chi connectivity index (χ4v) is 2.46. The second-order valence-electron chi connectivity index (χ2n) is 6.97. The van der Waals surface area contributed by atoms with Gasteiger partial charge >= 0.3 is 0 Å². The highest BCUT2D eigenvalue weighted by Gasteiger charge is 2.21. The molecule has 0 fully saturated rings. The lowest BCUT2D eigenvalue weighted by atomic mass is 9.96. The topological polar surface area (TPSA) is 68.0 Å². The van der Waals surface area contributed by atoms with E-state index in [1.165, 1.54) is 31.3 Å². The first-order valence-corrected chi connectivity index (χ1v) is 8.23. The number of carbonyl (C=O) groups is 1. The number of aryl methyl sites for hydroxylation is 1. The van der Waals surface area contributed by atoms with Crippen LogP contribution in [-0.4, -0.2) is 22.6 Å². The molecule has 2 rings (SSSR count). The van der Waals surface area contributed by atoms with Crippen LogP contribution in [0.25, 0.3) is 0 Å². The Hall–Kier alpha value is -1.65. The highest BCUT2D eigenvalue weighted by molar-refractivity contribution is 5.75. The summed E-state index contributed by atoms with van der Waals surface area (Å²) in [6.07, 6.45) is 9.15. The van der Waals surface area contributed by atoms with E-state index >= 15 is 0 Å². The Labute approximate surface area is 132 Å². The molecule has 1 aliphatic carbocycles. The molecule has 1 amide bonds. The van der Waals surface area contributed by atoms with Crippen molar-refractivity contribution in [3.8, 4) is 0 Å². The van der Waals surface area contributed by atoms with Gasteiger partial charge in [-0.25, -0.2) is 0 Å². The van der Waals surface area contributed by atoms with E-state index in [4.69, 9.17) is 4.52 Å². The minimum absolute atomic E-state index is 0.0481. The van der Waals surface area contributed by atoms with Crippen molar-refractivity contribution in [1.29, 1.82) is 0 Å². The van der Waals surface area contributed by atoms with Gasteiger partial charge in [0.2, 0.25) is 11.8 Å². The number of rotatable bonds is 6. The summed E-state index contributed by atoms with van der Waals surface area (Å²) in [5.74, 6) is 1.27. The van der Waals surface area contributed by atoms with Gasteiger partial charge in [0.25, 0.3) is 0 Å². The quantitative estimate of drug-likeness (QED) is 0.819. The van der Waals surface area contributed by atoms with E-state index in [0.717, 1.165) is 13.0 Å². The molecule has 0 unspecified atom stereocenters. The minimum Gasteiger partial charge on any atom is -0.356 e. The van der Waals surface area contributed by atoms with Crippen LogP contribution in [0.1, 0.15) is 71.0 Å². The Balaban J connectivity index is 1.67. The van der Waals surface area contributed by atoms with Crippen LogP contribution in [0.4, 0.5) is 0 Å². The molecule has 122 valence electrons. The van der Waals surface area contributed by atoms with Gasteiger partial charge in [0, 0.05) is 24.8 Å². The molecule has 0 aromatic carbocycles. The van der Waals surface area contributed by atoms with Crippen molar-refractivity contribution in [2.24, 2.45) is 0 Å². The van der Waals surface area contributed by atoms with E-state index in [2.05, 4.69) is 21.5 Å². The van der Waals surface area contributed by atoms with Gasteiger partial charge in [-0.1, -0.05) is 37.6 Å². The molecule has 0 radical (unpaired) electrons. The van der Waals surface area contributed by atoms with Crippen molar-refractivity contribution in [3.05, 3.63) is 23.4 Å². The summed E-state index contributed by atoms with van der Waals surface area (Å²) in [6, 6.07) is 0. The lowest BCUT2D eigenvalue weighted by Gasteiger charge is -2.12. The molecule has 1 aliphatic rings. The lowest BCUT2D eigenvalue weighted by molar-refractivity contribution is -0.121. The van der Waals surface area contributed by atoms with Crippen molar-refractivity contribution < 1.29 is 9.32 Å². The van der Waals surface area contributed by atoms with E-state index in [0.29, 0.717) is 24.6 Å². The monoisotopic (exact) mass is 305 g/mol. The highest BCUT2D eigenvalue weighted by atomic mass is 16.5. The van der Waals surface area contributed by atoms with Crippen LogP contribution in [0, 0.1) is 0 Å². The van der Waals surface area contributed by atoms with Gasteiger partial charge in [0.1, 0.15) is 0 Å². The minimum atomic E-state index is -0.127. The van der Waals surface area contributed by atoms with Crippen molar-refractivity contribution in [3.63, 3.8) is 0 Å². The Morgan fingerprint density at radius 3 is 2.77 bits per heavy atom. The zero-order valence-corrected chi connectivity index (χ0v) is 13.9. The third kappa shape index (κ3) is 5.28. The number of nitrogens with zero attached hydrogens (tertiary/aromatic N) is 2. The maximum absolute atomic E-state index is 11.8. The molecule has 5 heteroatoms. The van der Waals surface area contributed by atoms with Gasteiger partial charge in [-0.15, -0.1) is 0 Å². The first-order chi connectivity index (χ1) is 10.4. The molecule has 0 atom stereocenters. The van der Waals surface area contributed by atoms with Crippen LogP contribution in [-0.2, 0) is 16.6 Å². The van der Waals surface area contributed by atoms with Crippen molar-refractivity contribution in [2.75, 3.05) is 6.54 Å². The Morgan fingerprint density at radius 2 is 2.14 bits per heavy atom. The normalized spacial score (nSPS) is 15.5. The zero-order chi connectivity index (χ0) is 16.0. The standard InChI is InChI=1S/C17H27N3O2/c1-17(2,3)16-19-15(22-20-16)10-9-14(21)18-12-11-13-7-5-4-6-8-13/h7H,4-6,8-12H2,1-3H3,(H,18,21). The van der Waals surface area contributed by atoms with E-state index in [9.17, 15) is 4.79 Å². The van der Waals surface area contributed by atoms with Gasteiger partial charge in [-0.2, -0.15) is 4.98 Å². The van der Waals surface area contributed by atoms with Gasteiger partial charge in [0.05, 0.1) is 0 Å². The number of aromatic nitrogens is 2. The van der Waals surface area contributed by atoms with Crippen molar-refractivity contribution >= 4 is 5.91 Å². The summed E-state index contributed by atoms with van der Waals surface area (Å²) in [4.78, 5) is 16.2. The first kappa shape index (κ1) is 16.7. The van der Waals surface area contributed by atoms with Crippen molar-refractivity contribution in [2.45, 2.75) is 71.1 Å². The fourth-order valence-electron chi connectivity index (χ4n) is 2.46. The second kappa shape index (κ2) is 7.56. The average molecular weight is 305 g/mol. The molecule has 0 spiro atoms. The Kier molecular flexibility index (Phi) is 5.75. The SMILES string of the molecule is CC(C)(C)c1noc(CCC(=O)NCCC2=CCCCC2)n1. The van der Waals surface area contributed by atoms with Gasteiger partial charge in [-0.05, 0) is 32.1 Å². The molecule has 22 heavy (non-hydrogen) atoms. The van der Waals surface area contributed by atoms with E-state index in [-0.39, 0.29) is 11.3 Å². The summed E-state index contributed by atoms with van der Waals surface area (Å²) < 4.78 is 5.19. The smallest absolute Gasteiger partial charge is 0.227 e. The third-order valence-corrected chi connectivity index (χ3v) is 3.86. The fraction of sp³-hybridized carbons (Fsp3) is 0.706. The molecule has 5 nitrogen and oxygen atoms in total. The van der Waals surface area contributed by atoms with Gasteiger partial charge in [0.15, 0.2) is 5.82 Å². The van der Waals surface area contributed by atoms with Gasteiger partial charge in [-0.3, -0.25) is 4.79 Å². The summed E-state index contributed by atoms with van der Waals surface area (Å²) in [5.41, 5.74) is 1.36. The average Bonchev–Trinajstić information content (AvgIpc) is 2.95. The number of hydrogen-bond acceptors (Lipinski definition) is 4.